The summed E-state index contributed by atoms with van der Waals surface area (Å²) in [5, 5.41) is 2.54. The number of nitrogens with one attached hydrogen (secondary N) is 1. The Hall–Kier alpha value is -3.23. The summed E-state index contributed by atoms with van der Waals surface area (Å²) in [4.78, 5) is 25.5. The summed E-state index contributed by atoms with van der Waals surface area (Å²) < 4.78 is 42.2. The lowest BCUT2D eigenvalue weighted by Gasteiger charge is -2.18. The van der Waals surface area contributed by atoms with Gasteiger partial charge in [-0.25, -0.2) is 17.6 Å². The van der Waals surface area contributed by atoms with Gasteiger partial charge in [-0.1, -0.05) is 41.9 Å². The number of hydrogen-bond acceptors (Lipinski definition) is 5. The van der Waals surface area contributed by atoms with E-state index in [-0.39, 0.29) is 15.5 Å². The smallest absolute Gasteiger partial charge is 0.340 e. The molecule has 3 aromatic rings. The number of halogens is 2. The topological polar surface area (TPSA) is 89.5 Å². The molecule has 3 rings (SSSR count). The van der Waals surface area contributed by atoms with Crippen LogP contribution in [0.1, 0.15) is 22.0 Å². The highest BCUT2D eigenvalue weighted by atomic mass is 35.5. The Morgan fingerprint density at radius 1 is 1.00 bits per heavy atom. The molecule has 31 heavy (non-hydrogen) atoms. The molecule has 1 unspecified atom stereocenters. The first kappa shape index (κ1) is 22.5. The zero-order valence-corrected chi connectivity index (χ0v) is 17.8. The summed E-state index contributed by atoms with van der Waals surface area (Å²) in [7, 11) is -3.59. The third-order valence-corrected chi connectivity index (χ3v) is 5.70. The molecule has 3 aromatic carbocycles. The minimum atomic E-state index is -3.59. The van der Waals surface area contributed by atoms with Gasteiger partial charge in [0, 0.05) is 17.5 Å². The molecule has 0 heterocycles. The van der Waals surface area contributed by atoms with E-state index >= 15 is 0 Å². The van der Waals surface area contributed by atoms with Crippen LogP contribution < -0.4 is 5.32 Å². The molecule has 0 aliphatic carbocycles. The molecule has 0 saturated heterocycles. The van der Waals surface area contributed by atoms with Gasteiger partial charge in [0.25, 0.3) is 5.91 Å². The van der Waals surface area contributed by atoms with Gasteiger partial charge in [-0.15, -0.1) is 0 Å². The lowest BCUT2D eigenvalue weighted by molar-refractivity contribution is -0.125. The molecule has 0 aliphatic rings. The van der Waals surface area contributed by atoms with Crippen LogP contribution in [0.25, 0.3) is 0 Å². The maximum atomic E-state index is 13.1. The maximum absolute atomic E-state index is 13.1. The van der Waals surface area contributed by atoms with Crippen LogP contribution in [0.4, 0.5) is 10.1 Å². The molecule has 1 atom stereocenters. The summed E-state index contributed by atoms with van der Waals surface area (Å²) >= 11 is 6.06. The number of esters is 1. The summed E-state index contributed by atoms with van der Waals surface area (Å²) in [6, 6.07) is 17.0. The molecule has 0 spiro atoms. The third kappa shape index (κ3) is 5.68. The van der Waals surface area contributed by atoms with E-state index < -0.39 is 33.6 Å². The quantitative estimate of drug-likeness (QED) is 0.549. The lowest BCUT2D eigenvalue weighted by Crippen LogP contribution is -2.26. The zero-order chi connectivity index (χ0) is 22.6. The Bertz CT molecular complexity index is 1210. The van der Waals surface area contributed by atoms with E-state index in [4.69, 9.17) is 16.3 Å². The van der Waals surface area contributed by atoms with Crippen molar-refractivity contribution in [1.82, 2.24) is 0 Å². The molecule has 0 aliphatic heterocycles. The molecule has 0 saturated carbocycles. The molecule has 0 bridgehead atoms. The minimum absolute atomic E-state index is 0.0249. The number of anilines is 1. The Morgan fingerprint density at radius 2 is 1.65 bits per heavy atom. The van der Waals surface area contributed by atoms with Gasteiger partial charge in [0.1, 0.15) is 5.82 Å². The van der Waals surface area contributed by atoms with Gasteiger partial charge in [-0.3, -0.25) is 4.79 Å². The van der Waals surface area contributed by atoms with E-state index in [2.05, 4.69) is 5.32 Å². The van der Waals surface area contributed by atoms with Crippen molar-refractivity contribution in [3.05, 3.63) is 94.8 Å². The number of ether oxygens (including phenoxy) is 1. The van der Waals surface area contributed by atoms with Crippen molar-refractivity contribution in [3.8, 4) is 0 Å². The highest BCUT2D eigenvalue weighted by Gasteiger charge is 2.27. The first-order valence-electron chi connectivity index (χ1n) is 8.97. The van der Waals surface area contributed by atoms with Crippen LogP contribution in [0.15, 0.2) is 77.7 Å². The summed E-state index contributed by atoms with van der Waals surface area (Å²) in [5.74, 6) is -2.12. The SMILES string of the molecule is CS(=O)(=O)c1ccc(Cl)c(C(=O)OC(C(=O)Nc2ccc(F)cc2)c2ccccc2)c1. The average Bonchev–Trinajstić information content (AvgIpc) is 2.73. The van der Waals surface area contributed by atoms with Gasteiger partial charge in [-0.2, -0.15) is 0 Å². The van der Waals surface area contributed by atoms with Crippen molar-refractivity contribution in [1.29, 1.82) is 0 Å². The predicted molar refractivity (Wildman–Crippen MR) is 114 cm³/mol. The first-order chi connectivity index (χ1) is 14.6. The van der Waals surface area contributed by atoms with Gasteiger partial charge >= 0.3 is 5.97 Å². The fourth-order valence-electron chi connectivity index (χ4n) is 2.70. The van der Waals surface area contributed by atoms with Gasteiger partial charge in [0.2, 0.25) is 6.10 Å². The molecular formula is C22H17ClFNO5S. The molecule has 0 fully saturated rings. The second-order valence-electron chi connectivity index (χ2n) is 6.61. The molecular weight excluding hydrogens is 445 g/mol. The summed E-state index contributed by atoms with van der Waals surface area (Å²) in [5.41, 5.74) is 0.492. The number of carbonyl (C=O) groups excluding carboxylic acids is 2. The first-order valence-corrected chi connectivity index (χ1v) is 11.2. The standard InChI is InChI=1S/C22H17ClFNO5S/c1-31(28,29)17-11-12-19(23)18(13-17)22(27)30-20(14-5-3-2-4-6-14)21(26)25-16-9-7-15(24)8-10-16/h2-13,20H,1H3,(H,25,26). The van der Waals surface area contributed by atoms with Crippen LogP contribution in [0.3, 0.4) is 0 Å². The average molecular weight is 462 g/mol. The number of hydrogen-bond donors (Lipinski definition) is 1. The lowest BCUT2D eigenvalue weighted by atomic mass is 10.1. The zero-order valence-electron chi connectivity index (χ0n) is 16.2. The molecule has 9 heteroatoms. The Balaban J connectivity index is 1.91. The second-order valence-corrected chi connectivity index (χ2v) is 9.03. The predicted octanol–water partition coefficient (Wildman–Crippen LogP) is 4.42. The van der Waals surface area contributed by atoms with Crippen molar-refractivity contribution in [3.63, 3.8) is 0 Å². The Labute approximate surface area is 183 Å². The minimum Gasteiger partial charge on any atom is -0.444 e. The van der Waals surface area contributed by atoms with Crippen molar-refractivity contribution in [2.45, 2.75) is 11.0 Å². The number of benzene rings is 3. The Morgan fingerprint density at radius 3 is 2.26 bits per heavy atom. The van der Waals surface area contributed by atoms with Crippen molar-refractivity contribution >= 4 is 39.0 Å². The normalized spacial score (nSPS) is 12.1. The van der Waals surface area contributed by atoms with Gasteiger partial charge < -0.3 is 10.1 Å². The Kier molecular flexibility index (Phi) is 6.72. The molecule has 0 radical (unpaired) electrons. The fourth-order valence-corrected chi connectivity index (χ4v) is 3.55. The molecule has 160 valence electrons. The summed E-state index contributed by atoms with van der Waals surface area (Å²) in [6.07, 6.45) is -0.370. The van der Waals surface area contributed by atoms with Crippen molar-refractivity contribution in [2.75, 3.05) is 11.6 Å². The van der Waals surface area contributed by atoms with Crippen LogP contribution in [-0.2, 0) is 19.4 Å². The molecule has 1 amide bonds. The van der Waals surface area contributed by atoms with Crippen LogP contribution in [0.5, 0.6) is 0 Å². The van der Waals surface area contributed by atoms with E-state index in [1.54, 1.807) is 30.3 Å². The largest absolute Gasteiger partial charge is 0.444 e. The van der Waals surface area contributed by atoms with Gasteiger partial charge in [-0.05, 0) is 42.5 Å². The molecule has 0 aromatic heterocycles. The maximum Gasteiger partial charge on any atom is 0.340 e. The highest BCUT2D eigenvalue weighted by Crippen LogP contribution is 2.26. The van der Waals surface area contributed by atoms with E-state index in [9.17, 15) is 22.4 Å². The monoisotopic (exact) mass is 461 g/mol. The second kappa shape index (κ2) is 9.28. The van der Waals surface area contributed by atoms with Crippen LogP contribution in [-0.4, -0.2) is 26.6 Å². The number of rotatable bonds is 6. The number of sulfone groups is 1. The van der Waals surface area contributed by atoms with E-state index in [1.165, 1.54) is 36.4 Å². The number of amides is 1. The van der Waals surface area contributed by atoms with Gasteiger partial charge in [0.05, 0.1) is 15.5 Å². The van der Waals surface area contributed by atoms with Crippen molar-refractivity contribution in [2.24, 2.45) is 0 Å². The molecule has 6 nitrogen and oxygen atoms in total. The number of carbonyl (C=O) groups is 2. The van der Waals surface area contributed by atoms with E-state index in [0.717, 1.165) is 12.3 Å². The van der Waals surface area contributed by atoms with Crippen molar-refractivity contribution < 1.29 is 27.1 Å². The fraction of sp³-hybridized carbons (Fsp3) is 0.0909. The van der Waals surface area contributed by atoms with Crippen LogP contribution in [0, 0.1) is 5.82 Å². The van der Waals surface area contributed by atoms with E-state index in [1.807, 2.05) is 0 Å². The molecule has 1 N–H and O–H groups in total. The highest BCUT2D eigenvalue weighted by molar-refractivity contribution is 7.90. The summed E-state index contributed by atoms with van der Waals surface area (Å²) in [6.45, 7) is 0. The van der Waals surface area contributed by atoms with Crippen LogP contribution >= 0.6 is 11.6 Å². The van der Waals surface area contributed by atoms with Crippen LogP contribution in [0.2, 0.25) is 5.02 Å². The van der Waals surface area contributed by atoms with Gasteiger partial charge in [0.15, 0.2) is 9.84 Å². The third-order valence-electron chi connectivity index (χ3n) is 4.26. The van der Waals surface area contributed by atoms with E-state index in [0.29, 0.717) is 11.3 Å².